The summed E-state index contributed by atoms with van der Waals surface area (Å²) in [6.45, 7) is 3.64. The zero-order valence-electron chi connectivity index (χ0n) is 12.7. The molecule has 1 saturated heterocycles. The monoisotopic (exact) mass is 396 g/mol. The molecule has 1 aliphatic rings. The van der Waals surface area contributed by atoms with Gasteiger partial charge in [-0.05, 0) is 48.3 Å². The van der Waals surface area contributed by atoms with Crippen LogP contribution in [-0.2, 0) is 14.3 Å². The molecule has 3 nitrogen and oxygen atoms in total. The number of carbonyl (C=O) groups excluding carboxylic acids is 1. The molecule has 20 heavy (non-hydrogen) atoms. The SMILES string of the molecule is CCCCCCCCCC(I)OC(=O)C1CCOCC1. The number of unbranched alkanes of at least 4 members (excludes halogenated alkanes) is 6. The molecule has 0 aliphatic carbocycles. The van der Waals surface area contributed by atoms with Crippen LogP contribution in [0.1, 0.15) is 71.1 Å². The Morgan fingerprint density at radius 3 is 2.40 bits per heavy atom. The molecule has 0 amide bonds. The fourth-order valence-electron chi connectivity index (χ4n) is 2.48. The highest BCUT2D eigenvalue weighted by Crippen LogP contribution is 2.21. The van der Waals surface area contributed by atoms with Crippen LogP contribution in [0.15, 0.2) is 0 Å². The van der Waals surface area contributed by atoms with E-state index >= 15 is 0 Å². The lowest BCUT2D eigenvalue weighted by Crippen LogP contribution is -2.27. The fourth-order valence-corrected chi connectivity index (χ4v) is 3.17. The molecule has 0 aromatic rings. The Labute approximate surface area is 137 Å². The summed E-state index contributed by atoms with van der Waals surface area (Å²) in [5.41, 5.74) is 0. The van der Waals surface area contributed by atoms with Crippen molar-refractivity contribution in [2.24, 2.45) is 5.92 Å². The second kappa shape index (κ2) is 11.8. The van der Waals surface area contributed by atoms with E-state index in [1.165, 1.54) is 44.9 Å². The number of esters is 1. The summed E-state index contributed by atoms with van der Waals surface area (Å²) < 4.78 is 10.8. The molecule has 1 fully saturated rings. The lowest BCUT2D eigenvalue weighted by atomic mass is 10.0. The maximum absolute atomic E-state index is 11.9. The van der Waals surface area contributed by atoms with Crippen molar-refractivity contribution in [1.29, 1.82) is 0 Å². The Morgan fingerprint density at radius 2 is 1.75 bits per heavy atom. The van der Waals surface area contributed by atoms with Gasteiger partial charge in [0.15, 0.2) is 4.11 Å². The third-order valence-electron chi connectivity index (χ3n) is 3.83. The molecule has 118 valence electrons. The predicted molar refractivity (Wildman–Crippen MR) is 90.1 cm³/mol. The first-order valence-electron chi connectivity index (χ1n) is 8.16. The molecule has 1 heterocycles. The third kappa shape index (κ3) is 8.45. The van der Waals surface area contributed by atoms with Gasteiger partial charge in [-0.3, -0.25) is 4.79 Å². The van der Waals surface area contributed by atoms with Gasteiger partial charge in [0.2, 0.25) is 0 Å². The van der Waals surface area contributed by atoms with Gasteiger partial charge >= 0.3 is 5.97 Å². The van der Waals surface area contributed by atoms with E-state index in [2.05, 4.69) is 29.5 Å². The van der Waals surface area contributed by atoms with Gasteiger partial charge in [-0.1, -0.05) is 45.4 Å². The molecule has 1 aliphatic heterocycles. The van der Waals surface area contributed by atoms with Gasteiger partial charge in [0, 0.05) is 13.2 Å². The summed E-state index contributed by atoms with van der Waals surface area (Å²) in [7, 11) is 0. The summed E-state index contributed by atoms with van der Waals surface area (Å²) in [6.07, 6.45) is 11.7. The number of ether oxygens (including phenoxy) is 2. The molecule has 0 bridgehead atoms. The van der Waals surface area contributed by atoms with Crippen molar-refractivity contribution < 1.29 is 14.3 Å². The summed E-state index contributed by atoms with van der Waals surface area (Å²) in [6, 6.07) is 0. The van der Waals surface area contributed by atoms with Gasteiger partial charge in [0.25, 0.3) is 0 Å². The highest BCUT2D eigenvalue weighted by Gasteiger charge is 2.24. The molecule has 0 aromatic carbocycles. The molecule has 1 atom stereocenters. The average Bonchev–Trinajstić information content (AvgIpc) is 2.47. The molecule has 0 spiro atoms. The Bertz CT molecular complexity index is 252. The van der Waals surface area contributed by atoms with Crippen molar-refractivity contribution >= 4 is 28.6 Å². The Balaban J connectivity index is 1.99. The minimum atomic E-state index is -0.0179. The van der Waals surface area contributed by atoms with Crippen molar-refractivity contribution in [2.75, 3.05) is 13.2 Å². The van der Waals surface area contributed by atoms with Crippen LogP contribution in [0.5, 0.6) is 0 Å². The number of halogens is 1. The van der Waals surface area contributed by atoms with Crippen molar-refractivity contribution in [3.8, 4) is 0 Å². The normalized spacial score (nSPS) is 17.9. The van der Waals surface area contributed by atoms with E-state index in [4.69, 9.17) is 9.47 Å². The first-order valence-corrected chi connectivity index (χ1v) is 9.41. The molecule has 0 aromatic heterocycles. The maximum atomic E-state index is 11.9. The Hall–Kier alpha value is 0.160. The number of hydrogen-bond donors (Lipinski definition) is 0. The summed E-state index contributed by atoms with van der Waals surface area (Å²) >= 11 is 2.25. The third-order valence-corrected chi connectivity index (χ3v) is 4.71. The zero-order valence-corrected chi connectivity index (χ0v) is 14.9. The van der Waals surface area contributed by atoms with Crippen molar-refractivity contribution in [1.82, 2.24) is 0 Å². The van der Waals surface area contributed by atoms with Gasteiger partial charge in [0.05, 0.1) is 5.92 Å². The number of hydrogen-bond acceptors (Lipinski definition) is 3. The lowest BCUT2D eigenvalue weighted by molar-refractivity contribution is -0.152. The molecule has 4 heteroatoms. The lowest BCUT2D eigenvalue weighted by Gasteiger charge is -2.22. The van der Waals surface area contributed by atoms with Crippen molar-refractivity contribution in [3.05, 3.63) is 0 Å². The molecular formula is C16H29IO3. The van der Waals surface area contributed by atoms with Crippen LogP contribution in [0.2, 0.25) is 0 Å². The second-order valence-corrected chi connectivity index (χ2v) is 7.03. The van der Waals surface area contributed by atoms with Gasteiger partial charge in [0.1, 0.15) is 0 Å². The van der Waals surface area contributed by atoms with Gasteiger partial charge in [-0.25, -0.2) is 0 Å². The summed E-state index contributed by atoms with van der Waals surface area (Å²) in [5.74, 6) is 0.0469. The number of alkyl halides is 1. The topological polar surface area (TPSA) is 35.5 Å². The molecule has 1 unspecified atom stereocenters. The Morgan fingerprint density at radius 1 is 1.15 bits per heavy atom. The van der Waals surface area contributed by atoms with Gasteiger partial charge < -0.3 is 9.47 Å². The van der Waals surface area contributed by atoms with Crippen LogP contribution in [0, 0.1) is 5.92 Å². The summed E-state index contributed by atoms with van der Waals surface area (Å²) in [5, 5.41) is 0. The van der Waals surface area contributed by atoms with Crippen LogP contribution < -0.4 is 0 Å². The van der Waals surface area contributed by atoms with Crippen LogP contribution in [0.25, 0.3) is 0 Å². The molecule has 1 rings (SSSR count). The molecular weight excluding hydrogens is 367 g/mol. The van der Waals surface area contributed by atoms with Crippen LogP contribution in [0.4, 0.5) is 0 Å². The van der Waals surface area contributed by atoms with Crippen LogP contribution in [0.3, 0.4) is 0 Å². The maximum Gasteiger partial charge on any atom is 0.310 e. The minimum absolute atomic E-state index is 0.0179. The highest BCUT2D eigenvalue weighted by atomic mass is 127. The first-order chi connectivity index (χ1) is 9.74. The minimum Gasteiger partial charge on any atom is -0.451 e. The van der Waals surface area contributed by atoms with Gasteiger partial charge in [-0.15, -0.1) is 0 Å². The van der Waals surface area contributed by atoms with Crippen molar-refractivity contribution in [2.45, 2.75) is 75.2 Å². The highest BCUT2D eigenvalue weighted by molar-refractivity contribution is 14.1. The van der Waals surface area contributed by atoms with E-state index in [0.29, 0.717) is 13.2 Å². The number of carbonyl (C=O) groups is 1. The van der Waals surface area contributed by atoms with E-state index in [1.807, 2.05) is 0 Å². The van der Waals surface area contributed by atoms with E-state index < -0.39 is 0 Å². The molecule has 0 N–H and O–H groups in total. The van der Waals surface area contributed by atoms with Gasteiger partial charge in [-0.2, -0.15) is 0 Å². The van der Waals surface area contributed by atoms with Crippen LogP contribution >= 0.6 is 22.6 Å². The number of rotatable bonds is 10. The second-order valence-electron chi connectivity index (χ2n) is 5.64. The van der Waals surface area contributed by atoms with E-state index in [1.54, 1.807) is 0 Å². The van der Waals surface area contributed by atoms with E-state index in [-0.39, 0.29) is 16.0 Å². The first kappa shape index (κ1) is 18.2. The smallest absolute Gasteiger partial charge is 0.310 e. The molecule has 0 radical (unpaired) electrons. The average molecular weight is 396 g/mol. The van der Waals surface area contributed by atoms with Crippen LogP contribution in [-0.4, -0.2) is 23.3 Å². The Kier molecular flexibility index (Phi) is 10.7. The summed E-state index contributed by atoms with van der Waals surface area (Å²) in [4.78, 5) is 11.9. The molecule has 0 saturated carbocycles. The zero-order chi connectivity index (χ0) is 14.6. The standard InChI is InChI=1S/C16H29IO3/c1-2-3-4-5-6-7-8-9-15(17)20-16(18)14-10-12-19-13-11-14/h14-15H,2-13H2,1H3. The predicted octanol–water partition coefficient (Wildman–Crippen LogP) is 4.86. The van der Waals surface area contributed by atoms with E-state index in [9.17, 15) is 4.79 Å². The largest absolute Gasteiger partial charge is 0.451 e. The van der Waals surface area contributed by atoms with E-state index in [0.717, 1.165) is 19.3 Å². The van der Waals surface area contributed by atoms with Crippen molar-refractivity contribution in [3.63, 3.8) is 0 Å². The quantitative estimate of drug-likeness (QED) is 0.229. The fraction of sp³-hybridized carbons (Fsp3) is 0.938.